The molecule has 2 amide bonds. The number of phenols is 1. The van der Waals surface area contributed by atoms with Crippen molar-refractivity contribution >= 4 is 27.9 Å². The molecule has 1 aliphatic rings. The van der Waals surface area contributed by atoms with Crippen molar-refractivity contribution in [1.29, 1.82) is 0 Å². The number of alkyl carbamates (subject to hydrolysis) is 1. The number of benzene rings is 1. The smallest absolute Gasteiger partial charge is 0.408 e. The summed E-state index contributed by atoms with van der Waals surface area (Å²) < 4.78 is 31.7. The van der Waals surface area contributed by atoms with Gasteiger partial charge in [-0.15, -0.1) is 0 Å². The molecule has 1 aromatic rings. The van der Waals surface area contributed by atoms with E-state index in [9.17, 15) is 23.1 Å². The molecule has 0 unspecified atom stereocenters. The van der Waals surface area contributed by atoms with Crippen LogP contribution in [0.15, 0.2) is 18.2 Å². The summed E-state index contributed by atoms with van der Waals surface area (Å²) in [7, 11) is -3.98. The van der Waals surface area contributed by atoms with Gasteiger partial charge in [0.1, 0.15) is 17.9 Å². The van der Waals surface area contributed by atoms with Crippen molar-refractivity contribution < 1.29 is 27.9 Å². The SMILES string of the molecule is CC(C)(CCc1ccc(N2CC(=O)NS2(=O)=O)c(O)c1)NC(=O)OC(C)(C)C. The fourth-order valence-electron chi connectivity index (χ4n) is 2.70. The second-order valence-corrected chi connectivity index (χ2v) is 9.97. The normalized spacial score (nSPS) is 16.6. The van der Waals surface area contributed by atoms with Gasteiger partial charge in [0.25, 0.3) is 5.91 Å². The molecule has 1 saturated heterocycles. The van der Waals surface area contributed by atoms with Crippen LogP contribution in [0.3, 0.4) is 0 Å². The lowest BCUT2D eigenvalue weighted by atomic mass is 9.95. The molecule has 1 aliphatic heterocycles. The Bertz CT molecular complexity index is 874. The van der Waals surface area contributed by atoms with E-state index in [2.05, 4.69) is 5.32 Å². The first-order chi connectivity index (χ1) is 12.7. The van der Waals surface area contributed by atoms with Crippen molar-refractivity contribution in [1.82, 2.24) is 10.0 Å². The number of carbonyl (C=O) groups excluding carboxylic acids is 2. The van der Waals surface area contributed by atoms with Crippen molar-refractivity contribution in [3.8, 4) is 5.75 Å². The van der Waals surface area contributed by atoms with Crippen LogP contribution in [0.4, 0.5) is 10.5 Å². The van der Waals surface area contributed by atoms with Crippen molar-refractivity contribution in [3.05, 3.63) is 23.8 Å². The molecule has 10 heteroatoms. The third-order valence-corrected chi connectivity index (χ3v) is 5.40. The molecule has 0 radical (unpaired) electrons. The second-order valence-electron chi connectivity index (χ2n) is 8.37. The van der Waals surface area contributed by atoms with Crippen LogP contribution in [0.2, 0.25) is 0 Å². The van der Waals surface area contributed by atoms with E-state index < -0.39 is 33.3 Å². The standard InChI is InChI=1S/C18H27N3O6S/c1-17(2,3)27-16(24)19-18(4,5)9-8-12-6-7-13(14(22)10-12)21-11-15(23)20-28(21,25)26/h6-7,10,22H,8-9,11H2,1-5H3,(H,19,24)(H,20,23). The molecule has 0 aliphatic carbocycles. The summed E-state index contributed by atoms with van der Waals surface area (Å²) in [5.41, 5.74) is -0.344. The first-order valence-electron chi connectivity index (χ1n) is 8.85. The molecular weight excluding hydrogens is 386 g/mol. The highest BCUT2D eigenvalue weighted by atomic mass is 32.2. The quantitative estimate of drug-likeness (QED) is 0.676. The summed E-state index contributed by atoms with van der Waals surface area (Å²) >= 11 is 0. The summed E-state index contributed by atoms with van der Waals surface area (Å²) in [5.74, 6) is -0.895. The predicted molar refractivity (Wildman–Crippen MR) is 104 cm³/mol. The Morgan fingerprint density at radius 2 is 1.93 bits per heavy atom. The number of hydrogen-bond acceptors (Lipinski definition) is 6. The second kappa shape index (κ2) is 7.50. The fourth-order valence-corrected chi connectivity index (χ4v) is 3.86. The highest BCUT2D eigenvalue weighted by Crippen LogP contribution is 2.32. The first-order valence-corrected chi connectivity index (χ1v) is 10.3. The van der Waals surface area contributed by atoms with Crippen LogP contribution < -0.4 is 14.3 Å². The van der Waals surface area contributed by atoms with Crippen molar-refractivity contribution in [2.24, 2.45) is 0 Å². The number of aryl methyl sites for hydroxylation is 1. The fraction of sp³-hybridized carbons (Fsp3) is 0.556. The van der Waals surface area contributed by atoms with Crippen LogP contribution in [0.5, 0.6) is 5.75 Å². The molecule has 1 heterocycles. The van der Waals surface area contributed by atoms with E-state index in [1.807, 2.05) is 18.6 Å². The molecule has 0 saturated carbocycles. The summed E-state index contributed by atoms with van der Waals surface area (Å²) in [6.07, 6.45) is 0.584. The topological polar surface area (TPSA) is 125 Å². The van der Waals surface area contributed by atoms with Crippen LogP contribution in [0.25, 0.3) is 0 Å². The summed E-state index contributed by atoms with van der Waals surface area (Å²) in [5, 5.41) is 13.1. The van der Waals surface area contributed by atoms with Gasteiger partial charge in [0.2, 0.25) is 0 Å². The third-order valence-electron chi connectivity index (χ3n) is 4.01. The number of amides is 2. The molecule has 1 fully saturated rings. The number of rotatable bonds is 5. The molecule has 2 rings (SSSR count). The molecule has 3 N–H and O–H groups in total. The van der Waals surface area contributed by atoms with Gasteiger partial charge in [-0.25, -0.2) is 13.8 Å². The maximum atomic E-state index is 11.9. The molecule has 0 aromatic heterocycles. The van der Waals surface area contributed by atoms with Crippen LogP contribution in [-0.2, 0) is 26.2 Å². The lowest BCUT2D eigenvalue weighted by Gasteiger charge is -2.28. The van der Waals surface area contributed by atoms with Crippen LogP contribution >= 0.6 is 0 Å². The molecular formula is C18H27N3O6S. The van der Waals surface area contributed by atoms with Gasteiger partial charge < -0.3 is 15.2 Å². The first kappa shape index (κ1) is 21.8. The lowest BCUT2D eigenvalue weighted by Crippen LogP contribution is -2.46. The molecule has 0 spiro atoms. The van der Waals surface area contributed by atoms with Gasteiger partial charge in [-0.3, -0.25) is 4.79 Å². The number of nitrogens with zero attached hydrogens (tertiary/aromatic N) is 1. The van der Waals surface area contributed by atoms with E-state index in [4.69, 9.17) is 4.74 Å². The Hall–Kier alpha value is -2.49. The average molecular weight is 413 g/mol. The number of aromatic hydroxyl groups is 1. The molecule has 156 valence electrons. The highest BCUT2D eigenvalue weighted by molar-refractivity contribution is 7.92. The number of hydrogen-bond donors (Lipinski definition) is 3. The largest absolute Gasteiger partial charge is 0.506 e. The van der Waals surface area contributed by atoms with Crippen LogP contribution in [-0.4, -0.2) is 43.2 Å². The zero-order valence-corrected chi connectivity index (χ0v) is 17.5. The number of nitrogens with one attached hydrogen (secondary N) is 2. The van der Waals surface area contributed by atoms with Gasteiger partial charge in [-0.1, -0.05) is 6.07 Å². The van der Waals surface area contributed by atoms with Crippen molar-refractivity contribution in [2.75, 3.05) is 10.8 Å². The molecule has 9 nitrogen and oxygen atoms in total. The minimum atomic E-state index is -3.98. The Morgan fingerprint density at radius 1 is 1.29 bits per heavy atom. The molecule has 0 bridgehead atoms. The number of anilines is 1. The lowest BCUT2D eigenvalue weighted by molar-refractivity contribution is -0.117. The van der Waals surface area contributed by atoms with Gasteiger partial charge in [0.15, 0.2) is 0 Å². The molecule has 1 aromatic carbocycles. The summed E-state index contributed by atoms with van der Waals surface area (Å²) in [4.78, 5) is 23.3. The molecule has 28 heavy (non-hydrogen) atoms. The van der Waals surface area contributed by atoms with Gasteiger partial charge >= 0.3 is 16.3 Å². The Balaban J connectivity index is 2.03. The van der Waals surface area contributed by atoms with Gasteiger partial charge in [-0.05, 0) is 65.2 Å². The van der Waals surface area contributed by atoms with E-state index in [1.165, 1.54) is 12.1 Å². The zero-order valence-electron chi connectivity index (χ0n) is 16.7. The van der Waals surface area contributed by atoms with Gasteiger partial charge in [0.05, 0.1) is 5.69 Å². The van der Waals surface area contributed by atoms with Crippen LogP contribution in [0.1, 0.15) is 46.6 Å². The van der Waals surface area contributed by atoms with E-state index in [1.54, 1.807) is 26.8 Å². The van der Waals surface area contributed by atoms with E-state index in [0.29, 0.717) is 12.8 Å². The minimum absolute atomic E-state index is 0.0354. The Labute approximate surface area is 165 Å². The number of phenolic OH excluding ortho intramolecular Hbond substituents is 1. The number of ether oxygens (including phenoxy) is 1. The van der Waals surface area contributed by atoms with Gasteiger partial charge in [-0.2, -0.15) is 8.42 Å². The van der Waals surface area contributed by atoms with Crippen molar-refractivity contribution in [3.63, 3.8) is 0 Å². The predicted octanol–water partition coefficient (Wildman–Crippen LogP) is 1.81. The van der Waals surface area contributed by atoms with E-state index in [0.717, 1.165) is 9.87 Å². The maximum absolute atomic E-state index is 11.9. The van der Waals surface area contributed by atoms with Gasteiger partial charge in [0, 0.05) is 5.54 Å². The Kier molecular flexibility index (Phi) is 5.84. The molecule has 0 atom stereocenters. The maximum Gasteiger partial charge on any atom is 0.408 e. The van der Waals surface area contributed by atoms with Crippen molar-refractivity contribution in [2.45, 2.75) is 58.6 Å². The number of carbonyl (C=O) groups is 2. The average Bonchev–Trinajstić information content (AvgIpc) is 2.75. The van der Waals surface area contributed by atoms with E-state index >= 15 is 0 Å². The monoisotopic (exact) mass is 413 g/mol. The third kappa shape index (κ3) is 5.75. The summed E-state index contributed by atoms with van der Waals surface area (Å²) in [6.45, 7) is 8.70. The highest BCUT2D eigenvalue weighted by Gasteiger charge is 2.35. The minimum Gasteiger partial charge on any atom is -0.506 e. The summed E-state index contributed by atoms with van der Waals surface area (Å²) in [6, 6.07) is 4.59. The van der Waals surface area contributed by atoms with Crippen LogP contribution in [0, 0.1) is 0 Å². The Morgan fingerprint density at radius 3 is 2.43 bits per heavy atom. The van der Waals surface area contributed by atoms with E-state index in [-0.39, 0.29) is 18.0 Å². The zero-order chi connectivity index (χ0) is 21.3.